The van der Waals surface area contributed by atoms with Gasteiger partial charge in [0.05, 0.1) is 11.3 Å². The van der Waals surface area contributed by atoms with Crippen molar-refractivity contribution in [2.45, 2.75) is 126 Å². The molecule has 0 spiro atoms. The van der Waals surface area contributed by atoms with E-state index in [4.69, 9.17) is 11.6 Å². The average molecular weight is 888 g/mol. The topological polar surface area (TPSA) is 89.9 Å². The van der Waals surface area contributed by atoms with E-state index in [1.54, 1.807) is 0 Å². The van der Waals surface area contributed by atoms with E-state index >= 15 is 0 Å². The summed E-state index contributed by atoms with van der Waals surface area (Å²) in [6, 6.07) is 8.04. The summed E-state index contributed by atoms with van der Waals surface area (Å²) < 4.78 is 0. The van der Waals surface area contributed by atoms with Gasteiger partial charge in [0.15, 0.2) is 5.78 Å². The number of hydrogen-bond donors (Lipinski definition) is 2. The monoisotopic (exact) mass is 885 g/mol. The van der Waals surface area contributed by atoms with Crippen LogP contribution in [0.1, 0.15) is 125 Å². The van der Waals surface area contributed by atoms with Crippen LogP contribution in [0.2, 0.25) is 5.02 Å². The van der Waals surface area contributed by atoms with Gasteiger partial charge in [-0.2, -0.15) is 0 Å². The molecule has 0 aliphatic heterocycles. The van der Waals surface area contributed by atoms with E-state index in [0.29, 0.717) is 31.2 Å². The van der Waals surface area contributed by atoms with Gasteiger partial charge in [0.25, 0.3) is 0 Å². The van der Waals surface area contributed by atoms with Crippen molar-refractivity contribution in [2.24, 2.45) is 56.7 Å². The Morgan fingerprint density at radius 1 is 0.883 bits per heavy atom. The van der Waals surface area contributed by atoms with Gasteiger partial charge in [-0.15, -0.1) is 24.8 Å². The largest absolute Gasteiger partial charge is 0.481 e. The number of ketones is 1. The molecule has 0 saturated heterocycles. The second-order valence-corrected chi connectivity index (χ2v) is 21.8. The Hall–Kier alpha value is -2.16. The highest BCUT2D eigenvalue weighted by atomic mass is 35.5. The van der Waals surface area contributed by atoms with Gasteiger partial charge in [0.1, 0.15) is 0 Å². The standard InChI is InChI=1S/C50H72ClN3O4.2ClH/c1-32(2)42-39(55)30-50(45(58)52-26-27-54(29-28-53(8)9)31-33-10-16-36(51)17-11-33)25-24-48(6)38(43(42)50)18-19-41-47(5)22-20-37(34-12-14-35(15-13-34)44(56)57)46(3,4)40(47)21-23-49(41,48)7;;/h10-12,16-17,20,32,35,38,40-41H,13-15,18-19,21-31H2,1-9H3,(H,52,58)(H,56,57);2*1H/t35-,38+,40-,41+,47-,48+,49+,50+;;/m0../s1. The van der Waals surface area contributed by atoms with Crippen molar-refractivity contribution in [3.8, 4) is 0 Å². The molecule has 0 heterocycles. The SMILES string of the molecule is CC(C)C1=C2[C@H]3CC[C@@H]4[C@@]5(C)CC=C(C6=CC[C@H](C(=O)O)CC6)C(C)(C)[C@@H]5CC[C@@]4(C)[C@]3(C)CC[C@@]2(C(=O)NCCN(CCN(C)C)Cc2ccc(Cl)cc2)CC1=O.Cl.Cl. The molecule has 2 N–H and O–H groups in total. The summed E-state index contributed by atoms with van der Waals surface area (Å²) in [6.07, 6.45) is 14.6. The molecule has 6 aliphatic carbocycles. The van der Waals surface area contributed by atoms with Crippen molar-refractivity contribution in [1.82, 2.24) is 15.1 Å². The first-order valence-corrected chi connectivity index (χ1v) is 23.0. The fourth-order valence-corrected chi connectivity index (χ4v) is 14.4. The summed E-state index contributed by atoms with van der Waals surface area (Å²) >= 11 is 6.19. The van der Waals surface area contributed by atoms with E-state index in [0.717, 1.165) is 88.1 Å². The molecule has 7 rings (SSSR count). The van der Waals surface area contributed by atoms with Crippen LogP contribution >= 0.6 is 36.4 Å². The summed E-state index contributed by atoms with van der Waals surface area (Å²) in [7, 11) is 4.18. The number of aliphatic carboxylic acids is 1. The van der Waals surface area contributed by atoms with Crippen LogP contribution in [-0.2, 0) is 20.9 Å². The number of benzene rings is 1. The quantitative estimate of drug-likeness (QED) is 0.217. The summed E-state index contributed by atoms with van der Waals surface area (Å²) in [5.74, 6) is 0.721. The first-order valence-electron chi connectivity index (χ1n) is 22.6. The minimum absolute atomic E-state index is 0. The summed E-state index contributed by atoms with van der Waals surface area (Å²) in [5, 5.41) is 13.8. The Kier molecular flexibility index (Phi) is 14.8. The van der Waals surface area contributed by atoms with Crippen LogP contribution in [0.15, 0.2) is 58.7 Å². The number of carbonyl (C=O) groups excluding carboxylic acids is 2. The summed E-state index contributed by atoms with van der Waals surface area (Å²) in [5.41, 5.74) is 5.70. The third-order valence-corrected chi connectivity index (χ3v) is 17.7. The Morgan fingerprint density at radius 2 is 1.58 bits per heavy atom. The molecule has 1 amide bonds. The molecule has 1 aromatic rings. The molecule has 334 valence electrons. The van der Waals surface area contributed by atoms with Crippen molar-refractivity contribution in [3.63, 3.8) is 0 Å². The molecule has 10 heteroatoms. The minimum atomic E-state index is -0.756. The highest BCUT2D eigenvalue weighted by Gasteiger charge is 2.70. The maximum absolute atomic E-state index is 14.8. The molecule has 3 fully saturated rings. The molecular formula is C50H74Cl3N3O4. The first-order chi connectivity index (χ1) is 27.3. The van der Waals surface area contributed by atoms with Gasteiger partial charge in [-0.1, -0.05) is 84.4 Å². The number of rotatable bonds is 12. The predicted molar refractivity (Wildman–Crippen MR) is 249 cm³/mol. The number of fused-ring (bicyclic) bond motifs is 7. The molecule has 0 unspecified atom stereocenters. The fraction of sp³-hybridized carbons (Fsp3) is 0.700. The Labute approximate surface area is 378 Å². The van der Waals surface area contributed by atoms with E-state index in [1.165, 1.54) is 28.7 Å². The maximum atomic E-state index is 14.8. The fourth-order valence-electron chi connectivity index (χ4n) is 14.3. The molecule has 8 atom stereocenters. The van der Waals surface area contributed by atoms with Crippen LogP contribution in [0.3, 0.4) is 0 Å². The average Bonchev–Trinajstić information content (AvgIpc) is 3.48. The van der Waals surface area contributed by atoms with Gasteiger partial charge in [-0.05, 0) is 164 Å². The van der Waals surface area contributed by atoms with E-state index in [1.807, 2.05) is 12.1 Å². The van der Waals surface area contributed by atoms with E-state index in [9.17, 15) is 19.5 Å². The lowest BCUT2D eigenvalue weighted by atomic mass is 9.33. The lowest BCUT2D eigenvalue weighted by Crippen LogP contribution is -2.64. The molecule has 60 heavy (non-hydrogen) atoms. The zero-order valence-corrected chi connectivity index (χ0v) is 40.3. The van der Waals surface area contributed by atoms with Gasteiger partial charge >= 0.3 is 5.97 Å². The predicted octanol–water partition coefficient (Wildman–Crippen LogP) is 11.0. The van der Waals surface area contributed by atoms with Crippen LogP contribution in [0, 0.1) is 56.7 Å². The molecule has 6 aliphatic rings. The normalized spacial score (nSPS) is 34.4. The van der Waals surface area contributed by atoms with Crippen molar-refractivity contribution in [2.75, 3.05) is 40.3 Å². The third-order valence-electron chi connectivity index (χ3n) is 17.4. The first kappa shape index (κ1) is 48.9. The van der Waals surface area contributed by atoms with Crippen LogP contribution in [0.5, 0.6) is 0 Å². The lowest BCUT2D eigenvalue weighted by molar-refractivity contribution is -0.199. The number of hydrogen-bond acceptors (Lipinski definition) is 5. The van der Waals surface area contributed by atoms with Gasteiger partial charge < -0.3 is 15.3 Å². The number of likely N-dealkylation sites (N-methyl/N-ethyl adjacent to an activating group) is 1. The van der Waals surface area contributed by atoms with Crippen molar-refractivity contribution < 1.29 is 19.5 Å². The minimum Gasteiger partial charge on any atom is -0.481 e. The zero-order valence-electron chi connectivity index (χ0n) is 37.9. The third kappa shape index (κ3) is 8.23. The molecule has 0 bridgehead atoms. The van der Waals surface area contributed by atoms with E-state index in [-0.39, 0.29) is 75.9 Å². The van der Waals surface area contributed by atoms with Crippen molar-refractivity contribution in [1.29, 1.82) is 0 Å². The molecule has 0 aromatic heterocycles. The molecule has 1 aromatic carbocycles. The van der Waals surface area contributed by atoms with Gasteiger partial charge in [-0.3, -0.25) is 19.3 Å². The highest BCUT2D eigenvalue weighted by molar-refractivity contribution is 6.30. The number of halogens is 3. The Balaban J connectivity index is 0.00000341. The highest BCUT2D eigenvalue weighted by Crippen LogP contribution is 2.77. The number of allylic oxidation sites excluding steroid dienone is 5. The summed E-state index contributed by atoms with van der Waals surface area (Å²) in [6.45, 7) is 20.9. The second kappa shape index (κ2) is 18.1. The Bertz CT molecular complexity index is 1890. The van der Waals surface area contributed by atoms with Crippen LogP contribution < -0.4 is 5.32 Å². The smallest absolute Gasteiger partial charge is 0.306 e. The molecule has 7 nitrogen and oxygen atoms in total. The van der Waals surface area contributed by atoms with Crippen molar-refractivity contribution >= 4 is 54.1 Å². The number of carbonyl (C=O) groups is 3. The van der Waals surface area contributed by atoms with Gasteiger partial charge in [0, 0.05) is 44.2 Å². The van der Waals surface area contributed by atoms with Gasteiger partial charge in [-0.25, -0.2) is 0 Å². The molecular weight excluding hydrogens is 813 g/mol. The number of carboxylic acids is 1. The van der Waals surface area contributed by atoms with Crippen LogP contribution in [-0.4, -0.2) is 72.8 Å². The van der Waals surface area contributed by atoms with Gasteiger partial charge in [0.2, 0.25) is 5.91 Å². The van der Waals surface area contributed by atoms with Crippen LogP contribution in [0.4, 0.5) is 0 Å². The zero-order chi connectivity index (χ0) is 42.0. The molecule has 3 saturated carbocycles. The lowest BCUT2D eigenvalue weighted by Gasteiger charge is -2.71. The maximum Gasteiger partial charge on any atom is 0.306 e. The number of nitrogens with zero attached hydrogens (tertiary/aromatic N) is 2. The van der Waals surface area contributed by atoms with Crippen LogP contribution in [0.25, 0.3) is 0 Å². The number of carboxylic acid groups (broad SMARTS) is 1. The number of amides is 1. The van der Waals surface area contributed by atoms with E-state index < -0.39 is 11.4 Å². The number of nitrogens with one attached hydrogen (secondary N) is 1. The number of Topliss-reactive ketones (excluding diaryl/α,β-unsaturated/α-hetero) is 1. The molecule has 0 radical (unpaired) electrons. The Morgan fingerprint density at radius 3 is 2.20 bits per heavy atom. The second-order valence-electron chi connectivity index (χ2n) is 21.3. The van der Waals surface area contributed by atoms with Crippen molar-refractivity contribution in [3.05, 3.63) is 69.3 Å². The van der Waals surface area contributed by atoms with E-state index in [2.05, 4.69) is 102 Å². The summed E-state index contributed by atoms with van der Waals surface area (Å²) in [4.78, 5) is 45.4.